The molecule has 3 aliphatic rings. The minimum Gasteiger partial charge on any atom is -0.462 e. The molecule has 5 heterocycles. The molecule has 0 N–H and O–H groups in total. The summed E-state index contributed by atoms with van der Waals surface area (Å²) in [7, 11) is 0. The number of aromatic nitrogens is 4. The summed E-state index contributed by atoms with van der Waals surface area (Å²) in [5, 5.41) is 0. The third-order valence-electron chi connectivity index (χ3n) is 8.30. The van der Waals surface area contributed by atoms with Gasteiger partial charge in [0.2, 0.25) is 17.8 Å². The van der Waals surface area contributed by atoms with E-state index in [0.717, 1.165) is 44.0 Å². The first-order valence-electron chi connectivity index (χ1n) is 16.5. The van der Waals surface area contributed by atoms with Gasteiger partial charge in [0.15, 0.2) is 0 Å². The number of fused-ring (bicyclic) bond motifs is 1. The van der Waals surface area contributed by atoms with Gasteiger partial charge in [-0.25, -0.2) is 29.5 Å². The number of rotatable bonds is 10. The zero-order valence-corrected chi connectivity index (χ0v) is 28.0. The number of piperazine rings is 2. The Morgan fingerprint density at radius 3 is 2.15 bits per heavy atom. The third kappa shape index (κ3) is 9.47. The van der Waals surface area contributed by atoms with E-state index in [2.05, 4.69) is 29.7 Å². The van der Waals surface area contributed by atoms with Crippen molar-refractivity contribution in [3.63, 3.8) is 0 Å². The molecule has 256 valence electrons. The highest BCUT2D eigenvalue weighted by Crippen LogP contribution is 2.22. The first kappa shape index (κ1) is 34.2. The second-order valence-corrected chi connectivity index (χ2v) is 12.8. The maximum absolute atomic E-state index is 12.8. The van der Waals surface area contributed by atoms with E-state index >= 15 is 0 Å². The summed E-state index contributed by atoms with van der Waals surface area (Å²) in [6.07, 6.45) is 5.52. The molecular formula is C32H47N9O6. The number of ether oxygens (including phenoxy) is 3. The summed E-state index contributed by atoms with van der Waals surface area (Å²) in [4.78, 5) is 65.3. The average molecular weight is 654 g/mol. The van der Waals surface area contributed by atoms with E-state index in [-0.39, 0.29) is 12.0 Å². The van der Waals surface area contributed by atoms with Crippen LogP contribution in [0, 0.1) is 0 Å². The Labute approximate surface area is 276 Å². The van der Waals surface area contributed by atoms with Crippen LogP contribution >= 0.6 is 0 Å². The molecule has 2 aromatic rings. The van der Waals surface area contributed by atoms with Crippen molar-refractivity contribution < 1.29 is 28.6 Å². The Kier molecular flexibility index (Phi) is 11.4. The lowest BCUT2D eigenvalue weighted by Crippen LogP contribution is -2.49. The van der Waals surface area contributed by atoms with Gasteiger partial charge in [0.1, 0.15) is 5.60 Å². The molecule has 0 unspecified atom stereocenters. The highest BCUT2D eigenvalue weighted by Gasteiger charge is 2.28. The Morgan fingerprint density at radius 1 is 0.809 bits per heavy atom. The smallest absolute Gasteiger partial charge is 0.410 e. The third-order valence-corrected chi connectivity index (χ3v) is 8.30. The molecule has 0 spiro atoms. The number of amides is 2. The lowest BCUT2D eigenvalue weighted by Gasteiger charge is -2.35. The van der Waals surface area contributed by atoms with Crippen LogP contribution in [0.5, 0.6) is 0 Å². The lowest BCUT2D eigenvalue weighted by atomic mass is 10.1. The summed E-state index contributed by atoms with van der Waals surface area (Å²) in [6.45, 7) is 16.3. The van der Waals surface area contributed by atoms with Gasteiger partial charge in [-0.2, -0.15) is 0 Å². The molecule has 2 saturated heterocycles. The number of nitrogens with zero attached hydrogens (tertiary/aromatic N) is 9. The molecule has 2 fully saturated rings. The zero-order chi connectivity index (χ0) is 33.4. The first-order valence-corrected chi connectivity index (χ1v) is 16.5. The summed E-state index contributed by atoms with van der Waals surface area (Å²) < 4.78 is 16.3. The predicted molar refractivity (Wildman–Crippen MR) is 173 cm³/mol. The number of hydrogen-bond acceptors (Lipinski definition) is 13. The summed E-state index contributed by atoms with van der Waals surface area (Å²) >= 11 is 0. The van der Waals surface area contributed by atoms with Crippen LogP contribution in [0.15, 0.2) is 18.6 Å². The number of anilines is 2. The minimum atomic E-state index is -0.534. The van der Waals surface area contributed by atoms with Crippen molar-refractivity contribution >= 4 is 29.9 Å². The van der Waals surface area contributed by atoms with Gasteiger partial charge in [0.05, 0.1) is 44.0 Å². The summed E-state index contributed by atoms with van der Waals surface area (Å²) in [5.74, 6) is 0.962. The van der Waals surface area contributed by atoms with Crippen LogP contribution in [0.3, 0.4) is 0 Å². The van der Waals surface area contributed by atoms with Gasteiger partial charge in [-0.15, -0.1) is 0 Å². The van der Waals surface area contributed by atoms with Crippen LogP contribution < -0.4 is 9.80 Å². The fourth-order valence-corrected chi connectivity index (χ4v) is 5.69. The van der Waals surface area contributed by atoms with Gasteiger partial charge >= 0.3 is 12.1 Å². The van der Waals surface area contributed by atoms with E-state index in [1.807, 2.05) is 31.9 Å². The molecule has 3 aliphatic heterocycles. The molecule has 0 saturated carbocycles. The summed E-state index contributed by atoms with van der Waals surface area (Å²) in [5.41, 5.74) is 1.72. The van der Waals surface area contributed by atoms with E-state index in [9.17, 15) is 14.4 Å². The van der Waals surface area contributed by atoms with E-state index in [0.29, 0.717) is 89.4 Å². The SMILES string of the molecule is CCOC(=O)c1cnc(N2CCN(CCOCCC(=O)N3CCN(c4ncc5c(n4)CCN(C(=O)OC(C)(C)C)C5)CC3)CC2)nc1. The molecule has 0 aromatic carbocycles. The highest BCUT2D eigenvalue weighted by atomic mass is 16.6. The van der Waals surface area contributed by atoms with Gasteiger partial charge in [-0.1, -0.05) is 0 Å². The van der Waals surface area contributed by atoms with Crippen LogP contribution in [-0.2, 0) is 32.0 Å². The van der Waals surface area contributed by atoms with Crippen molar-refractivity contribution in [1.29, 1.82) is 0 Å². The van der Waals surface area contributed by atoms with E-state index in [1.54, 1.807) is 11.8 Å². The Bertz CT molecular complexity index is 1370. The van der Waals surface area contributed by atoms with Crippen LogP contribution in [0.2, 0.25) is 0 Å². The molecule has 15 heteroatoms. The van der Waals surface area contributed by atoms with Crippen molar-refractivity contribution in [3.05, 3.63) is 35.4 Å². The predicted octanol–water partition coefficient (Wildman–Crippen LogP) is 1.61. The van der Waals surface area contributed by atoms with Gasteiger partial charge < -0.3 is 33.8 Å². The van der Waals surface area contributed by atoms with Gasteiger partial charge in [0, 0.05) is 96.0 Å². The standard InChI is InChI=1S/C32H47N9O6/c1-5-46-28(43)24-20-33-29(34-21-24)39-11-9-37(10-12-39)17-19-45-18-7-27(42)38-13-15-40(16-14-38)30-35-22-25-23-41(8-6-26(25)36-30)31(44)47-32(2,3)4/h20-22H,5-19,23H2,1-4H3. The maximum Gasteiger partial charge on any atom is 0.410 e. The number of carbonyl (C=O) groups is 3. The Balaban J connectivity index is 0.952. The van der Waals surface area contributed by atoms with Crippen LogP contribution in [0.25, 0.3) is 0 Å². The van der Waals surface area contributed by atoms with Crippen molar-refractivity contribution in [2.45, 2.75) is 52.7 Å². The Hall–Kier alpha value is -4.11. The van der Waals surface area contributed by atoms with E-state index < -0.39 is 11.6 Å². The molecule has 15 nitrogen and oxygen atoms in total. The largest absolute Gasteiger partial charge is 0.462 e. The fraction of sp³-hybridized carbons (Fsp3) is 0.656. The normalized spacial score (nSPS) is 17.4. The molecular weight excluding hydrogens is 606 g/mol. The molecule has 2 amide bonds. The van der Waals surface area contributed by atoms with Crippen molar-refractivity contribution in [2.24, 2.45) is 0 Å². The molecule has 0 bridgehead atoms. The number of hydrogen-bond donors (Lipinski definition) is 0. The number of esters is 1. The van der Waals surface area contributed by atoms with Gasteiger partial charge in [0.25, 0.3) is 0 Å². The molecule has 0 aliphatic carbocycles. The molecule has 2 aromatic heterocycles. The zero-order valence-electron chi connectivity index (χ0n) is 28.0. The molecule has 5 rings (SSSR count). The van der Waals surface area contributed by atoms with Gasteiger partial charge in [-0.05, 0) is 27.7 Å². The average Bonchev–Trinajstić information content (AvgIpc) is 3.07. The van der Waals surface area contributed by atoms with Crippen molar-refractivity contribution in [3.8, 4) is 0 Å². The monoisotopic (exact) mass is 653 g/mol. The Morgan fingerprint density at radius 2 is 1.47 bits per heavy atom. The second kappa shape index (κ2) is 15.7. The molecule has 0 atom stereocenters. The van der Waals surface area contributed by atoms with Crippen molar-refractivity contribution in [1.82, 2.24) is 34.6 Å². The van der Waals surface area contributed by atoms with E-state index in [4.69, 9.17) is 19.2 Å². The van der Waals surface area contributed by atoms with Crippen molar-refractivity contribution in [2.75, 3.05) is 95.1 Å². The minimum absolute atomic E-state index is 0.0980. The van der Waals surface area contributed by atoms with Crippen LogP contribution in [0.4, 0.5) is 16.7 Å². The molecule has 0 radical (unpaired) electrons. The molecule has 47 heavy (non-hydrogen) atoms. The quantitative estimate of drug-likeness (QED) is 0.271. The number of carbonyl (C=O) groups excluding carboxylic acids is 3. The second-order valence-electron chi connectivity index (χ2n) is 12.8. The highest BCUT2D eigenvalue weighted by molar-refractivity contribution is 5.88. The van der Waals surface area contributed by atoms with Gasteiger partial charge in [-0.3, -0.25) is 9.69 Å². The summed E-state index contributed by atoms with van der Waals surface area (Å²) in [6, 6.07) is 0. The maximum atomic E-state index is 12.8. The topological polar surface area (TPSA) is 147 Å². The first-order chi connectivity index (χ1) is 22.6. The van der Waals surface area contributed by atoms with Crippen LogP contribution in [0.1, 0.15) is 55.7 Å². The lowest BCUT2D eigenvalue weighted by molar-refractivity contribution is -0.132. The van der Waals surface area contributed by atoms with E-state index in [1.165, 1.54) is 12.4 Å². The van der Waals surface area contributed by atoms with Crippen LogP contribution in [-0.4, -0.2) is 143 Å². The fourth-order valence-electron chi connectivity index (χ4n) is 5.69.